The number of nitrogens with one attached hydrogen (secondary N) is 3. The van der Waals surface area contributed by atoms with Crippen molar-refractivity contribution >= 4 is 29.1 Å². The number of hydrogen-bond donors (Lipinski definition) is 3. The molecule has 0 fully saturated rings. The quantitative estimate of drug-likeness (QED) is 0.536. The Balaban J connectivity index is 1.59. The molecule has 32 heavy (non-hydrogen) atoms. The zero-order chi connectivity index (χ0) is 23.7. The molecule has 3 N–H and O–H groups in total. The fraction of sp³-hybridized carbons (Fsp3) is 0.391. The van der Waals surface area contributed by atoms with Gasteiger partial charge in [-0.2, -0.15) is 5.10 Å². The van der Waals surface area contributed by atoms with Crippen molar-refractivity contribution in [3.05, 3.63) is 53.5 Å². The second-order valence-electron chi connectivity index (χ2n) is 9.73. The van der Waals surface area contributed by atoms with Crippen LogP contribution < -0.4 is 16.0 Å². The summed E-state index contributed by atoms with van der Waals surface area (Å²) >= 11 is 0. The molecule has 0 saturated heterocycles. The Morgan fingerprint density at radius 1 is 0.875 bits per heavy atom. The summed E-state index contributed by atoms with van der Waals surface area (Å²) in [7, 11) is 1.75. The van der Waals surface area contributed by atoms with Crippen LogP contribution in [0.3, 0.4) is 0 Å². The average molecular weight is 439 g/mol. The first kappa shape index (κ1) is 23.1. The molecule has 0 bridgehead atoms. The molecular weight excluding hydrogens is 408 g/mol. The SMILES string of the molecule is Cn1nc(C(C)(C)C)cc1C(=O)Nc1ccc(NC(=O)Nc2cc(C(C)(C)C)on2)cc1. The van der Waals surface area contributed by atoms with Crippen molar-refractivity contribution < 1.29 is 14.1 Å². The molecule has 2 heterocycles. The number of nitrogens with zero attached hydrogens (tertiary/aromatic N) is 3. The predicted molar refractivity (Wildman–Crippen MR) is 124 cm³/mol. The van der Waals surface area contributed by atoms with Crippen LogP contribution in [-0.4, -0.2) is 26.9 Å². The molecule has 3 rings (SSSR count). The number of amides is 3. The monoisotopic (exact) mass is 438 g/mol. The number of aryl methyl sites for hydroxylation is 1. The lowest BCUT2D eigenvalue weighted by Crippen LogP contribution is -2.19. The van der Waals surface area contributed by atoms with Crippen LogP contribution in [0.2, 0.25) is 0 Å². The van der Waals surface area contributed by atoms with Crippen LogP contribution in [0, 0.1) is 0 Å². The maximum absolute atomic E-state index is 12.6. The Morgan fingerprint density at radius 3 is 1.97 bits per heavy atom. The molecule has 3 amide bonds. The Labute approximate surface area is 187 Å². The molecule has 3 aromatic rings. The molecule has 2 aromatic heterocycles. The molecule has 0 aliphatic heterocycles. The molecule has 0 saturated carbocycles. The second kappa shape index (κ2) is 8.49. The van der Waals surface area contributed by atoms with Gasteiger partial charge in [-0.05, 0) is 30.3 Å². The lowest BCUT2D eigenvalue weighted by molar-refractivity contribution is 0.101. The molecule has 1 aromatic carbocycles. The van der Waals surface area contributed by atoms with Gasteiger partial charge in [-0.15, -0.1) is 0 Å². The van der Waals surface area contributed by atoms with Crippen molar-refractivity contribution in [2.24, 2.45) is 7.05 Å². The van der Waals surface area contributed by atoms with Crippen LogP contribution >= 0.6 is 0 Å². The van der Waals surface area contributed by atoms with Crippen LogP contribution in [-0.2, 0) is 17.9 Å². The van der Waals surface area contributed by atoms with Crippen LogP contribution in [0.15, 0.2) is 40.9 Å². The number of carbonyl (C=O) groups excluding carboxylic acids is 2. The minimum atomic E-state index is -0.444. The molecule has 0 aliphatic carbocycles. The highest BCUT2D eigenvalue weighted by Gasteiger charge is 2.22. The highest BCUT2D eigenvalue weighted by molar-refractivity contribution is 6.03. The summed E-state index contributed by atoms with van der Waals surface area (Å²) < 4.78 is 6.83. The molecular formula is C23H30N6O3. The number of carbonyl (C=O) groups is 2. The maximum Gasteiger partial charge on any atom is 0.324 e. The second-order valence-corrected chi connectivity index (χ2v) is 9.73. The molecule has 9 nitrogen and oxygen atoms in total. The van der Waals surface area contributed by atoms with E-state index in [9.17, 15) is 9.59 Å². The average Bonchev–Trinajstić information content (AvgIpc) is 3.29. The van der Waals surface area contributed by atoms with Gasteiger partial charge in [0.05, 0.1) is 5.69 Å². The van der Waals surface area contributed by atoms with E-state index < -0.39 is 6.03 Å². The third-order valence-corrected chi connectivity index (χ3v) is 4.77. The molecule has 0 aliphatic rings. The number of rotatable bonds is 4. The van der Waals surface area contributed by atoms with Gasteiger partial charge in [0.1, 0.15) is 11.5 Å². The van der Waals surface area contributed by atoms with Crippen LogP contribution in [0.1, 0.15) is 63.5 Å². The first-order valence-electron chi connectivity index (χ1n) is 10.3. The van der Waals surface area contributed by atoms with Gasteiger partial charge in [0.25, 0.3) is 5.91 Å². The van der Waals surface area contributed by atoms with Crippen LogP contribution in [0.25, 0.3) is 0 Å². The maximum atomic E-state index is 12.6. The normalized spacial score (nSPS) is 11.8. The Bertz CT molecular complexity index is 1110. The van der Waals surface area contributed by atoms with Crippen LogP contribution in [0.5, 0.6) is 0 Å². The van der Waals surface area contributed by atoms with Crippen molar-refractivity contribution in [3.8, 4) is 0 Å². The number of anilines is 3. The molecule has 0 spiro atoms. The summed E-state index contributed by atoms with van der Waals surface area (Å²) in [6, 6.07) is 9.86. The topological polar surface area (TPSA) is 114 Å². The van der Waals surface area contributed by atoms with Crippen molar-refractivity contribution in [1.29, 1.82) is 0 Å². The lowest BCUT2D eigenvalue weighted by Gasteiger charge is -2.13. The highest BCUT2D eigenvalue weighted by atomic mass is 16.5. The van der Waals surface area contributed by atoms with Gasteiger partial charge >= 0.3 is 6.03 Å². The van der Waals surface area contributed by atoms with Gasteiger partial charge in [-0.3, -0.25) is 14.8 Å². The molecule has 0 unspecified atom stereocenters. The lowest BCUT2D eigenvalue weighted by atomic mass is 9.92. The van der Waals surface area contributed by atoms with E-state index in [2.05, 4.69) is 26.2 Å². The number of benzene rings is 1. The molecule has 9 heteroatoms. The van der Waals surface area contributed by atoms with Crippen molar-refractivity contribution in [3.63, 3.8) is 0 Å². The van der Waals surface area contributed by atoms with E-state index >= 15 is 0 Å². The molecule has 170 valence electrons. The third kappa shape index (κ3) is 5.54. The van der Waals surface area contributed by atoms with E-state index in [4.69, 9.17) is 4.52 Å². The minimum absolute atomic E-state index is 0.148. The van der Waals surface area contributed by atoms with E-state index in [1.807, 2.05) is 41.5 Å². The summed E-state index contributed by atoms with van der Waals surface area (Å²) in [5, 5.41) is 16.5. The fourth-order valence-corrected chi connectivity index (χ4v) is 2.84. The smallest absolute Gasteiger partial charge is 0.324 e. The van der Waals surface area contributed by atoms with Gasteiger partial charge in [0.15, 0.2) is 5.82 Å². The van der Waals surface area contributed by atoms with E-state index in [0.29, 0.717) is 28.6 Å². The van der Waals surface area contributed by atoms with Crippen LogP contribution in [0.4, 0.5) is 22.0 Å². The van der Waals surface area contributed by atoms with Gasteiger partial charge in [0, 0.05) is 35.3 Å². The van der Waals surface area contributed by atoms with E-state index in [1.54, 1.807) is 48.1 Å². The van der Waals surface area contributed by atoms with Gasteiger partial charge in [-0.25, -0.2) is 4.79 Å². The number of urea groups is 1. The Morgan fingerprint density at radius 2 is 1.47 bits per heavy atom. The first-order chi connectivity index (χ1) is 14.8. The van der Waals surface area contributed by atoms with E-state index in [0.717, 1.165) is 5.69 Å². The summed E-state index contributed by atoms with van der Waals surface area (Å²) in [6.07, 6.45) is 0. The summed E-state index contributed by atoms with van der Waals surface area (Å²) in [6.45, 7) is 12.1. The summed E-state index contributed by atoms with van der Waals surface area (Å²) in [5.41, 5.74) is 2.13. The third-order valence-electron chi connectivity index (χ3n) is 4.77. The zero-order valence-corrected chi connectivity index (χ0v) is 19.5. The van der Waals surface area contributed by atoms with Crippen molar-refractivity contribution in [2.45, 2.75) is 52.4 Å². The molecule has 0 radical (unpaired) electrons. The largest absolute Gasteiger partial charge is 0.359 e. The summed E-state index contributed by atoms with van der Waals surface area (Å²) in [4.78, 5) is 24.9. The zero-order valence-electron chi connectivity index (χ0n) is 19.5. The highest BCUT2D eigenvalue weighted by Crippen LogP contribution is 2.25. The van der Waals surface area contributed by atoms with Gasteiger partial charge in [-0.1, -0.05) is 46.7 Å². The standard InChI is InChI=1S/C23H30N6O3/c1-22(2,3)17-12-16(29(7)27-17)20(30)24-14-8-10-15(11-9-14)25-21(31)26-19-13-18(32-28-19)23(4,5)6/h8-13H,1-7H3,(H,24,30)(H2,25,26,28,31). The first-order valence-corrected chi connectivity index (χ1v) is 10.3. The molecule has 0 atom stereocenters. The predicted octanol–water partition coefficient (Wildman–Crippen LogP) is 4.90. The summed E-state index contributed by atoms with van der Waals surface area (Å²) in [5.74, 6) is 0.757. The number of aromatic nitrogens is 3. The van der Waals surface area contributed by atoms with E-state index in [1.165, 1.54) is 0 Å². The van der Waals surface area contributed by atoms with Gasteiger partial charge < -0.3 is 15.2 Å². The van der Waals surface area contributed by atoms with Crippen molar-refractivity contribution in [1.82, 2.24) is 14.9 Å². The van der Waals surface area contributed by atoms with E-state index in [-0.39, 0.29) is 16.7 Å². The fourth-order valence-electron chi connectivity index (χ4n) is 2.84. The number of hydrogen-bond acceptors (Lipinski definition) is 5. The Hall–Kier alpha value is -3.62. The Kier molecular flexibility index (Phi) is 6.11. The van der Waals surface area contributed by atoms with Crippen molar-refractivity contribution in [2.75, 3.05) is 16.0 Å². The minimum Gasteiger partial charge on any atom is -0.359 e. The van der Waals surface area contributed by atoms with Gasteiger partial charge in [0.2, 0.25) is 0 Å².